The Bertz CT molecular complexity index is 695. The van der Waals surface area contributed by atoms with Gasteiger partial charge in [0.05, 0.1) is 12.5 Å². The van der Waals surface area contributed by atoms with Gasteiger partial charge in [-0.2, -0.15) is 0 Å². The fraction of sp³-hybridized carbons (Fsp3) is 0.278. The normalized spacial score (nSPS) is 11.1. The fourth-order valence-corrected chi connectivity index (χ4v) is 2.48. The van der Waals surface area contributed by atoms with Gasteiger partial charge < -0.3 is 10.1 Å². The van der Waals surface area contributed by atoms with Crippen LogP contribution in [0.25, 0.3) is 0 Å². The molecule has 0 heterocycles. The summed E-state index contributed by atoms with van der Waals surface area (Å²) >= 11 is 6.10. The first-order valence-corrected chi connectivity index (χ1v) is 7.45. The van der Waals surface area contributed by atoms with Gasteiger partial charge in [0.2, 0.25) is 5.91 Å². The number of rotatable bonds is 4. The van der Waals surface area contributed by atoms with E-state index in [1.165, 1.54) is 0 Å². The van der Waals surface area contributed by atoms with Gasteiger partial charge >= 0.3 is 0 Å². The van der Waals surface area contributed by atoms with Gasteiger partial charge in [0, 0.05) is 16.3 Å². The van der Waals surface area contributed by atoms with Gasteiger partial charge in [-0.05, 0) is 44.5 Å². The molecule has 2 rings (SSSR count). The number of hydrogen-bond donors (Lipinski definition) is 1. The summed E-state index contributed by atoms with van der Waals surface area (Å²) in [5, 5.41) is 3.59. The summed E-state index contributed by atoms with van der Waals surface area (Å²) < 4.78 is 5.37. The van der Waals surface area contributed by atoms with Crippen LogP contribution in [0, 0.1) is 6.92 Å². The Labute approximate surface area is 136 Å². The van der Waals surface area contributed by atoms with Crippen molar-refractivity contribution >= 4 is 23.2 Å². The van der Waals surface area contributed by atoms with Gasteiger partial charge in [-0.15, -0.1) is 0 Å². The van der Waals surface area contributed by atoms with Crippen LogP contribution in [-0.4, -0.2) is 13.0 Å². The number of hydrogen-bond acceptors (Lipinski definition) is 2. The maximum Gasteiger partial charge on any atom is 0.234 e. The minimum atomic E-state index is -0.735. The molecule has 0 aromatic heterocycles. The topological polar surface area (TPSA) is 38.3 Å². The highest BCUT2D eigenvalue weighted by Crippen LogP contribution is 2.33. The average Bonchev–Trinajstić information content (AvgIpc) is 2.51. The highest BCUT2D eigenvalue weighted by Gasteiger charge is 2.32. The van der Waals surface area contributed by atoms with Crippen molar-refractivity contribution in [2.24, 2.45) is 0 Å². The molecule has 2 aromatic rings. The number of amides is 1. The Morgan fingerprint density at radius 1 is 1.14 bits per heavy atom. The highest BCUT2D eigenvalue weighted by molar-refractivity contribution is 6.31. The summed E-state index contributed by atoms with van der Waals surface area (Å²) in [7, 11) is 1.61. The predicted molar refractivity (Wildman–Crippen MR) is 90.8 cm³/mol. The van der Waals surface area contributed by atoms with Crippen LogP contribution in [0.5, 0.6) is 5.75 Å². The number of benzene rings is 2. The Morgan fingerprint density at radius 3 is 2.50 bits per heavy atom. The molecular formula is C18H20ClNO2. The van der Waals surface area contributed by atoms with Crippen LogP contribution in [0.3, 0.4) is 0 Å². The summed E-state index contributed by atoms with van der Waals surface area (Å²) in [5.41, 5.74) is 1.69. The van der Waals surface area contributed by atoms with Crippen molar-refractivity contribution in [3.63, 3.8) is 0 Å². The molecule has 116 valence electrons. The Kier molecular flexibility index (Phi) is 4.77. The van der Waals surface area contributed by atoms with E-state index in [-0.39, 0.29) is 5.91 Å². The monoisotopic (exact) mass is 317 g/mol. The molecule has 3 nitrogen and oxygen atoms in total. The lowest BCUT2D eigenvalue weighted by Gasteiger charge is -2.26. The van der Waals surface area contributed by atoms with Crippen molar-refractivity contribution in [3.05, 3.63) is 58.6 Å². The van der Waals surface area contributed by atoms with Gasteiger partial charge in [0.25, 0.3) is 0 Å². The third-order valence-corrected chi connectivity index (χ3v) is 4.27. The molecule has 4 heteroatoms. The third-order valence-electron chi connectivity index (χ3n) is 3.86. The van der Waals surface area contributed by atoms with Crippen LogP contribution in [0.2, 0.25) is 5.02 Å². The van der Waals surface area contributed by atoms with E-state index in [1.807, 2.05) is 57.2 Å². The minimum Gasteiger partial charge on any atom is -0.496 e. The number of ether oxygens (including phenoxy) is 1. The maximum absolute atomic E-state index is 12.8. The van der Waals surface area contributed by atoms with Crippen molar-refractivity contribution < 1.29 is 9.53 Å². The van der Waals surface area contributed by atoms with E-state index >= 15 is 0 Å². The summed E-state index contributed by atoms with van der Waals surface area (Å²) in [5.74, 6) is 0.591. The van der Waals surface area contributed by atoms with Crippen molar-refractivity contribution in [1.82, 2.24) is 0 Å². The van der Waals surface area contributed by atoms with Crippen LogP contribution in [0.1, 0.15) is 25.0 Å². The molecule has 0 aliphatic carbocycles. The molecule has 22 heavy (non-hydrogen) atoms. The zero-order chi connectivity index (χ0) is 16.3. The Morgan fingerprint density at radius 2 is 1.82 bits per heavy atom. The zero-order valence-corrected chi connectivity index (χ0v) is 14.0. The molecular weight excluding hydrogens is 298 g/mol. The lowest BCUT2D eigenvalue weighted by Crippen LogP contribution is -2.35. The summed E-state index contributed by atoms with van der Waals surface area (Å²) in [6.07, 6.45) is 0. The summed E-state index contributed by atoms with van der Waals surface area (Å²) in [4.78, 5) is 12.8. The van der Waals surface area contributed by atoms with E-state index in [1.54, 1.807) is 13.2 Å². The van der Waals surface area contributed by atoms with Crippen molar-refractivity contribution in [2.45, 2.75) is 26.2 Å². The second kappa shape index (κ2) is 6.41. The van der Waals surface area contributed by atoms with Crippen molar-refractivity contribution in [1.29, 1.82) is 0 Å². The molecule has 0 unspecified atom stereocenters. The third kappa shape index (κ3) is 3.09. The first kappa shape index (κ1) is 16.4. The lowest BCUT2D eigenvalue weighted by atomic mass is 9.83. The van der Waals surface area contributed by atoms with E-state index in [0.717, 1.165) is 16.8 Å². The number of para-hydroxylation sites is 1. The van der Waals surface area contributed by atoms with Crippen LogP contribution < -0.4 is 10.1 Å². The SMILES string of the molecule is COc1ccccc1C(C)(C)C(=O)Nc1cccc(Cl)c1C. The number of halogens is 1. The van der Waals surface area contributed by atoms with Crippen LogP contribution in [-0.2, 0) is 10.2 Å². The van der Waals surface area contributed by atoms with Crippen molar-refractivity contribution in [2.75, 3.05) is 12.4 Å². The summed E-state index contributed by atoms with van der Waals surface area (Å²) in [6.45, 7) is 5.63. The molecule has 2 aromatic carbocycles. The maximum atomic E-state index is 12.8. The number of nitrogens with one attached hydrogen (secondary N) is 1. The average molecular weight is 318 g/mol. The van der Waals surface area contributed by atoms with Gasteiger partial charge in [0.1, 0.15) is 5.75 Å². The van der Waals surface area contributed by atoms with E-state index in [2.05, 4.69) is 5.32 Å². The fourth-order valence-electron chi connectivity index (χ4n) is 2.30. The molecule has 1 N–H and O–H groups in total. The van der Waals surface area contributed by atoms with E-state index < -0.39 is 5.41 Å². The molecule has 0 atom stereocenters. The molecule has 0 aliphatic rings. The molecule has 1 amide bonds. The first-order chi connectivity index (χ1) is 10.4. The number of methoxy groups -OCH3 is 1. The van der Waals surface area contributed by atoms with Crippen LogP contribution in [0.4, 0.5) is 5.69 Å². The number of carbonyl (C=O) groups excluding carboxylic acids is 1. The van der Waals surface area contributed by atoms with Crippen LogP contribution >= 0.6 is 11.6 Å². The largest absolute Gasteiger partial charge is 0.496 e. The van der Waals surface area contributed by atoms with Crippen LogP contribution in [0.15, 0.2) is 42.5 Å². The number of anilines is 1. The quantitative estimate of drug-likeness (QED) is 0.896. The summed E-state index contributed by atoms with van der Waals surface area (Å²) in [6, 6.07) is 13.0. The van der Waals surface area contributed by atoms with E-state index in [9.17, 15) is 4.79 Å². The molecule has 0 saturated heterocycles. The second-order valence-corrected chi connectivity index (χ2v) is 6.10. The van der Waals surface area contributed by atoms with E-state index in [0.29, 0.717) is 10.8 Å². The first-order valence-electron chi connectivity index (χ1n) is 7.08. The minimum absolute atomic E-state index is 0.109. The van der Waals surface area contributed by atoms with Gasteiger partial charge in [-0.3, -0.25) is 4.79 Å². The van der Waals surface area contributed by atoms with Gasteiger partial charge in [-0.25, -0.2) is 0 Å². The van der Waals surface area contributed by atoms with Gasteiger partial charge in [0.15, 0.2) is 0 Å². The molecule has 0 saturated carbocycles. The Hall–Kier alpha value is -2.00. The highest BCUT2D eigenvalue weighted by atomic mass is 35.5. The number of carbonyl (C=O) groups is 1. The second-order valence-electron chi connectivity index (χ2n) is 5.69. The smallest absolute Gasteiger partial charge is 0.234 e. The lowest BCUT2D eigenvalue weighted by molar-refractivity contribution is -0.120. The van der Waals surface area contributed by atoms with Gasteiger partial charge in [-0.1, -0.05) is 35.9 Å². The Balaban J connectivity index is 2.33. The predicted octanol–water partition coefficient (Wildman–Crippen LogP) is 4.57. The zero-order valence-electron chi connectivity index (χ0n) is 13.2. The van der Waals surface area contributed by atoms with Crippen molar-refractivity contribution in [3.8, 4) is 5.75 Å². The molecule has 0 radical (unpaired) electrons. The standard InChI is InChI=1S/C18H20ClNO2/c1-12-14(19)9-7-10-15(12)20-17(21)18(2,3)13-8-5-6-11-16(13)22-4/h5-11H,1-4H3,(H,20,21). The molecule has 0 bridgehead atoms. The molecule has 0 aliphatic heterocycles. The molecule has 0 fully saturated rings. The molecule has 0 spiro atoms. The van der Waals surface area contributed by atoms with E-state index in [4.69, 9.17) is 16.3 Å².